The van der Waals surface area contributed by atoms with E-state index >= 15 is 0 Å². The molecule has 9 heavy (non-hydrogen) atoms. The molecule has 0 amide bonds. The molecule has 1 saturated carbocycles. The summed E-state index contributed by atoms with van der Waals surface area (Å²) in [7, 11) is 2.27. The van der Waals surface area contributed by atoms with Crippen LogP contribution in [0.5, 0.6) is 0 Å². The Hall–Kier alpha value is 0.130. The van der Waals surface area contributed by atoms with Gasteiger partial charge in [-0.1, -0.05) is 19.1 Å². The summed E-state index contributed by atoms with van der Waals surface area (Å²) in [6, 6.07) is 0. The summed E-state index contributed by atoms with van der Waals surface area (Å²) in [5.41, 5.74) is 1.36. The van der Waals surface area contributed by atoms with Crippen LogP contribution in [0.25, 0.3) is 0 Å². The first-order chi connectivity index (χ1) is 4.25. The summed E-state index contributed by atoms with van der Waals surface area (Å²) in [6.07, 6.45) is 1.26. The van der Waals surface area contributed by atoms with Crippen LogP contribution in [0.15, 0.2) is 12.2 Å². The molecule has 0 bridgehead atoms. The van der Waals surface area contributed by atoms with Crippen molar-refractivity contribution in [1.29, 1.82) is 0 Å². The van der Waals surface area contributed by atoms with Crippen molar-refractivity contribution in [3.05, 3.63) is 12.2 Å². The summed E-state index contributed by atoms with van der Waals surface area (Å²) in [4.78, 5) is 0. The molecule has 3 unspecified atom stereocenters. The molecule has 0 aromatic rings. The molecule has 52 valence electrons. The van der Waals surface area contributed by atoms with Gasteiger partial charge < -0.3 is 4.52 Å². The van der Waals surface area contributed by atoms with Crippen LogP contribution in [-0.4, -0.2) is 6.61 Å². The van der Waals surface area contributed by atoms with E-state index in [2.05, 4.69) is 23.0 Å². The summed E-state index contributed by atoms with van der Waals surface area (Å²) in [5.74, 6) is 1.37. The van der Waals surface area contributed by atoms with Crippen molar-refractivity contribution in [1.82, 2.24) is 0 Å². The van der Waals surface area contributed by atoms with E-state index in [0.717, 1.165) is 12.5 Å². The molecule has 1 aliphatic carbocycles. The van der Waals surface area contributed by atoms with E-state index in [1.165, 1.54) is 12.0 Å². The first kappa shape index (κ1) is 7.24. The average Bonchev–Trinajstić information content (AvgIpc) is 1.88. The smallest absolute Gasteiger partial charge is 0.0567 e. The lowest BCUT2D eigenvalue weighted by atomic mass is 9.72. The fraction of sp³-hybridized carbons (Fsp3) is 0.714. The third-order valence-electron chi connectivity index (χ3n) is 2.09. The quantitative estimate of drug-likeness (QED) is 0.425. The molecule has 0 aromatic carbocycles. The standard InChI is InChI=1S/C7H13OP/c1-5-3-7(4-8-9)6(5)2/h5,7H,2-4,9H2,1H3. The minimum Gasteiger partial charge on any atom is -0.365 e. The Kier molecular flexibility index (Phi) is 2.26. The van der Waals surface area contributed by atoms with Gasteiger partial charge in [0.2, 0.25) is 0 Å². The monoisotopic (exact) mass is 144 g/mol. The molecule has 2 heteroatoms. The Bertz CT molecular complexity index is 120. The second-order valence-electron chi connectivity index (χ2n) is 2.74. The van der Waals surface area contributed by atoms with E-state index in [1.807, 2.05) is 0 Å². The zero-order chi connectivity index (χ0) is 6.85. The average molecular weight is 144 g/mol. The first-order valence-electron chi connectivity index (χ1n) is 3.26. The van der Waals surface area contributed by atoms with Crippen molar-refractivity contribution in [2.75, 3.05) is 6.61 Å². The van der Waals surface area contributed by atoms with Crippen molar-refractivity contribution in [3.8, 4) is 0 Å². The van der Waals surface area contributed by atoms with E-state index in [9.17, 15) is 0 Å². The van der Waals surface area contributed by atoms with Gasteiger partial charge in [0.1, 0.15) is 0 Å². The third kappa shape index (κ3) is 1.33. The van der Waals surface area contributed by atoms with E-state index in [0.29, 0.717) is 5.92 Å². The Balaban J connectivity index is 2.25. The van der Waals surface area contributed by atoms with Crippen molar-refractivity contribution >= 4 is 9.47 Å². The highest BCUT2D eigenvalue weighted by atomic mass is 31.0. The minimum absolute atomic E-state index is 0.637. The molecule has 0 heterocycles. The van der Waals surface area contributed by atoms with Crippen molar-refractivity contribution in [2.45, 2.75) is 13.3 Å². The fourth-order valence-corrected chi connectivity index (χ4v) is 1.49. The van der Waals surface area contributed by atoms with Crippen LogP contribution in [0.2, 0.25) is 0 Å². The van der Waals surface area contributed by atoms with Gasteiger partial charge in [0, 0.05) is 15.4 Å². The maximum absolute atomic E-state index is 4.92. The molecule has 0 aromatic heterocycles. The van der Waals surface area contributed by atoms with Gasteiger partial charge in [0.05, 0.1) is 6.61 Å². The van der Waals surface area contributed by atoms with Crippen LogP contribution in [0, 0.1) is 11.8 Å². The van der Waals surface area contributed by atoms with Gasteiger partial charge >= 0.3 is 0 Å². The maximum Gasteiger partial charge on any atom is 0.0567 e. The van der Waals surface area contributed by atoms with Crippen LogP contribution < -0.4 is 0 Å². The molecule has 3 atom stereocenters. The minimum atomic E-state index is 0.637. The van der Waals surface area contributed by atoms with Gasteiger partial charge in [-0.2, -0.15) is 0 Å². The summed E-state index contributed by atoms with van der Waals surface area (Å²) < 4.78 is 4.92. The SMILES string of the molecule is C=C1C(C)CC1COP. The predicted octanol–water partition coefficient (Wildman–Crippen LogP) is 2.01. The molecule has 0 aliphatic heterocycles. The second-order valence-corrected chi connectivity index (χ2v) is 3.08. The number of rotatable bonds is 2. The number of hydrogen-bond acceptors (Lipinski definition) is 1. The van der Waals surface area contributed by atoms with Crippen molar-refractivity contribution in [3.63, 3.8) is 0 Å². The topological polar surface area (TPSA) is 9.23 Å². The largest absolute Gasteiger partial charge is 0.365 e. The van der Waals surface area contributed by atoms with Crippen LogP contribution in [-0.2, 0) is 4.52 Å². The van der Waals surface area contributed by atoms with E-state index in [-0.39, 0.29) is 0 Å². The lowest BCUT2D eigenvalue weighted by Crippen LogP contribution is -2.27. The normalized spacial score (nSPS) is 34.2. The van der Waals surface area contributed by atoms with Gasteiger partial charge in [-0.25, -0.2) is 0 Å². The van der Waals surface area contributed by atoms with E-state index < -0.39 is 0 Å². The summed E-state index contributed by atoms with van der Waals surface area (Å²) in [5, 5.41) is 0. The molecule has 1 nitrogen and oxygen atoms in total. The lowest BCUT2D eigenvalue weighted by Gasteiger charge is -2.35. The Morgan fingerprint density at radius 2 is 2.56 bits per heavy atom. The summed E-state index contributed by atoms with van der Waals surface area (Å²) >= 11 is 0. The molecule has 0 spiro atoms. The van der Waals surface area contributed by atoms with Crippen LogP contribution >= 0.6 is 9.47 Å². The van der Waals surface area contributed by atoms with Gasteiger partial charge in [0.25, 0.3) is 0 Å². The zero-order valence-corrected chi connectivity index (χ0v) is 6.92. The fourth-order valence-electron chi connectivity index (χ4n) is 1.26. The highest BCUT2D eigenvalue weighted by Crippen LogP contribution is 2.38. The number of hydrogen-bond donors (Lipinski definition) is 0. The van der Waals surface area contributed by atoms with Crippen LogP contribution in [0.3, 0.4) is 0 Å². The highest BCUT2D eigenvalue weighted by Gasteiger charge is 2.29. The molecule has 1 fully saturated rings. The molecule has 0 N–H and O–H groups in total. The van der Waals surface area contributed by atoms with E-state index in [1.54, 1.807) is 0 Å². The van der Waals surface area contributed by atoms with Gasteiger partial charge in [0.15, 0.2) is 0 Å². The highest BCUT2D eigenvalue weighted by molar-refractivity contribution is 7.09. The summed E-state index contributed by atoms with van der Waals surface area (Å²) in [6.45, 7) is 6.99. The van der Waals surface area contributed by atoms with Gasteiger partial charge in [-0.05, 0) is 12.3 Å². The van der Waals surface area contributed by atoms with Crippen LogP contribution in [0.4, 0.5) is 0 Å². The molecule has 0 radical (unpaired) electrons. The third-order valence-corrected chi connectivity index (χ3v) is 2.29. The Labute approximate surface area is 58.8 Å². The van der Waals surface area contributed by atoms with Gasteiger partial charge in [-0.3, -0.25) is 0 Å². The Morgan fingerprint density at radius 3 is 2.89 bits per heavy atom. The molecule has 1 aliphatic rings. The predicted molar refractivity (Wildman–Crippen MR) is 42.1 cm³/mol. The molecule has 1 rings (SSSR count). The Morgan fingerprint density at radius 1 is 1.89 bits per heavy atom. The van der Waals surface area contributed by atoms with Crippen molar-refractivity contribution in [2.24, 2.45) is 11.8 Å². The maximum atomic E-state index is 4.92. The second kappa shape index (κ2) is 2.81. The molecule has 0 saturated heterocycles. The van der Waals surface area contributed by atoms with E-state index in [4.69, 9.17) is 4.52 Å². The zero-order valence-electron chi connectivity index (χ0n) is 5.76. The lowest BCUT2D eigenvalue weighted by molar-refractivity contribution is 0.224. The molecular formula is C7H13OP. The van der Waals surface area contributed by atoms with Crippen molar-refractivity contribution < 1.29 is 4.52 Å². The van der Waals surface area contributed by atoms with Crippen LogP contribution in [0.1, 0.15) is 13.3 Å². The molecular weight excluding hydrogens is 131 g/mol. The van der Waals surface area contributed by atoms with Gasteiger partial charge in [-0.15, -0.1) is 0 Å². The first-order valence-corrected chi connectivity index (χ1v) is 3.73.